The van der Waals surface area contributed by atoms with Crippen molar-refractivity contribution < 1.29 is 19.4 Å². The summed E-state index contributed by atoms with van der Waals surface area (Å²) in [5.41, 5.74) is 3.64. The number of hydrogen-bond acceptors (Lipinski definition) is 4. The molecule has 0 saturated carbocycles. The minimum atomic E-state index is -0.572. The second-order valence-corrected chi connectivity index (χ2v) is 8.06. The Morgan fingerprint density at radius 2 is 2.08 bits per heavy atom. The van der Waals surface area contributed by atoms with Crippen molar-refractivity contribution >= 4 is 5.97 Å². The number of hydrogen-bond donors (Lipinski definition) is 1. The molecule has 0 unspecified atom stereocenters. The molecule has 2 atom stereocenters. The molecule has 24 heavy (non-hydrogen) atoms. The summed E-state index contributed by atoms with van der Waals surface area (Å²) >= 11 is 0. The molecule has 0 aromatic heterocycles. The lowest BCUT2D eigenvalue weighted by Gasteiger charge is -2.27. The molecule has 4 nitrogen and oxygen atoms in total. The summed E-state index contributed by atoms with van der Waals surface area (Å²) in [5, 5.41) is 9.79. The van der Waals surface area contributed by atoms with Gasteiger partial charge < -0.3 is 14.6 Å². The normalized spacial score (nSPS) is 25.3. The van der Waals surface area contributed by atoms with E-state index in [1.54, 1.807) is 0 Å². The molecule has 2 aliphatic rings. The lowest BCUT2D eigenvalue weighted by molar-refractivity contribution is -0.160. The molecule has 0 bridgehead atoms. The number of carbonyl (C=O) groups is 1. The van der Waals surface area contributed by atoms with Crippen LogP contribution in [0, 0.1) is 0 Å². The number of ether oxygens (including phenoxy) is 2. The zero-order valence-corrected chi connectivity index (χ0v) is 15.1. The van der Waals surface area contributed by atoms with Gasteiger partial charge in [0.25, 0.3) is 0 Å². The number of rotatable bonds is 4. The van der Waals surface area contributed by atoms with Crippen LogP contribution in [0.4, 0.5) is 0 Å². The second kappa shape index (κ2) is 6.40. The third kappa shape index (κ3) is 3.59. The van der Waals surface area contributed by atoms with E-state index in [4.69, 9.17) is 9.47 Å². The van der Waals surface area contributed by atoms with Crippen LogP contribution in [0.5, 0.6) is 5.75 Å². The van der Waals surface area contributed by atoms with Gasteiger partial charge in [-0.1, -0.05) is 26.0 Å². The number of esters is 1. The van der Waals surface area contributed by atoms with Gasteiger partial charge in [-0.2, -0.15) is 0 Å². The van der Waals surface area contributed by atoms with Crippen molar-refractivity contribution in [3.63, 3.8) is 0 Å². The molecule has 2 aliphatic heterocycles. The number of aliphatic hydroxyl groups excluding tert-OH is 1. The summed E-state index contributed by atoms with van der Waals surface area (Å²) in [5.74, 6) is 1.14. The molecule has 1 fully saturated rings. The Bertz CT molecular complexity index is 633. The van der Waals surface area contributed by atoms with Gasteiger partial charge in [0, 0.05) is 12.8 Å². The third-order valence-electron chi connectivity index (χ3n) is 4.95. The molecule has 2 heterocycles. The first-order valence-corrected chi connectivity index (χ1v) is 8.96. The molecular formula is C20H28O4. The van der Waals surface area contributed by atoms with Crippen molar-refractivity contribution in [2.75, 3.05) is 0 Å². The quantitative estimate of drug-likeness (QED) is 0.857. The summed E-state index contributed by atoms with van der Waals surface area (Å²) in [6.07, 6.45) is 2.32. The van der Waals surface area contributed by atoms with E-state index in [-0.39, 0.29) is 24.1 Å². The van der Waals surface area contributed by atoms with Crippen LogP contribution in [0.2, 0.25) is 0 Å². The summed E-state index contributed by atoms with van der Waals surface area (Å²) in [4.78, 5) is 11.5. The maximum absolute atomic E-state index is 11.5. The van der Waals surface area contributed by atoms with E-state index in [1.165, 1.54) is 16.7 Å². The first-order chi connectivity index (χ1) is 11.2. The first-order valence-electron chi connectivity index (χ1n) is 8.96. The molecule has 1 saturated heterocycles. The predicted octanol–water partition coefficient (Wildman–Crippen LogP) is 3.52. The fraction of sp³-hybridized carbons (Fsp3) is 0.650. The fourth-order valence-electron chi connectivity index (χ4n) is 3.87. The Kier molecular flexibility index (Phi) is 4.60. The summed E-state index contributed by atoms with van der Waals surface area (Å²) in [7, 11) is 0. The Morgan fingerprint density at radius 3 is 2.75 bits per heavy atom. The Hall–Kier alpha value is -1.55. The molecule has 1 aromatic rings. The average molecular weight is 332 g/mol. The van der Waals surface area contributed by atoms with E-state index in [1.807, 2.05) is 0 Å². The Labute approximate surface area is 144 Å². The molecule has 0 spiro atoms. The SMILES string of the molecule is CC(C)c1ccc2c(c1CC[C@H]1C[C@H](O)CC(=O)O1)OC(C)(C)C2. The van der Waals surface area contributed by atoms with Crippen LogP contribution in [0.1, 0.15) is 69.6 Å². The highest BCUT2D eigenvalue weighted by Gasteiger charge is 2.34. The van der Waals surface area contributed by atoms with Gasteiger partial charge in [-0.3, -0.25) is 4.79 Å². The van der Waals surface area contributed by atoms with E-state index in [9.17, 15) is 9.90 Å². The van der Waals surface area contributed by atoms with Gasteiger partial charge in [-0.25, -0.2) is 0 Å². The van der Waals surface area contributed by atoms with E-state index in [0.717, 1.165) is 25.0 Å². The lowest BCUT2D eigenvalue weighted by Crippen LogP contribution is -2.32. The molecule has 3 rings (SSSR count). The van der Waals surface area contributed by atoms with Crippen molar-refractivity contribution in [1.29, 1.82) is 0 Å². The van der Waals surface area contributed by atoms with Crippen LogP contribution in [-0.4, -0.2) is 28.9 Å². The molecule has 0 radical (unpaired) electrons. The van der Waals surface area contributed by atoms with Crippen LogP contribution in [0.25, 0.3) is 0 Å². The highest BCUT2D eigenvalue weighted by atomic mass is 16.5. The van der Waals surface area contributed by atoms with Crippen LogP contribution in [-0.2, 0) is 22.4 Å². The highest BCUT2D eigenvalue weighted by molar-refractivity contribution is 5.71. The molecular weight excluding hydrogens is 304 g/mol. The molecule has 1 N–H and O–H groups in total. The van der Waals surface area contributed by atoms with Crippen molar-refractivity contribution in [1.82, 2.24) is 0 Å². The zero-order chi connectivity index (χ0) is 17.5. The van der Waals surface area contributed by atoms with Crippen molar-refractivity contribution in [2.24, 2.45) is 0 Å². The molecule has 4 heteroatoms. The van der Waals surface area contributed by atoms with Crippen molar-refractivity contribution in [3.8, 4) is 5.75 Å². The number of fused-ring (bicyclic) bond motifs is 1. The monoisotopic (exact) mass is 332 g/mol. The van der Waals surface area contributed by atoms with Crippen LogP contribution < -0.4 is 4.74 Å². The smallest absolute Gasteiger partial charge is 0.308 e. The third-order valence-corrected chi connectivity index (χ3v) is 4.95. The van der Waals surface area contributed by atoms with E-state index >= 15 is 0 Å². The standard InChI is InChI=1S/C20H28O4/c1-12(2)16-7-5-13-11-20(3,4)24-19(13)17(16)8-6-15-9-14(21)10-18(22)23-15/h5,7,12,14-15,21H,6,8-11H2,1-4H3/t14-,15-/m0/s1. The fourth-order valence-corrected chi connectivity index (χ4v) is 3.87. The Balaban J connectivity index is 1.82. The van der Waals surface area contributed by atoms with Gasteiger partial charge in [0.05, 0.1) is 12.5 Å². The second-order valence-electron chi connectivity index (χ2n) is 8.06. The molecule has 0 aliphatic carbocycles. The van der Waals surface area contributed by atoms with Gasteiger partial charge in [-0.05, 0) is 49.3 Å². The largest absolute Gasteiger partial charge is 0.487 e. The molecule has 1 aromatic carbocycles. The first kappa shape index (κ1) is 17.3. The van der Waals surface area contributed by atoms with Crippen molar-refractivity contribution in [2.45, 2.75) is 83.5 Å². The summed E-state index contributed by atoms with van der Waals surface area (Å²) in [6, 6.07) is 4.40. The number of benzene rings is 1. The van der Waals surface area contributed by atoms with Crippen molar-refractivity contribution in [3.05, 3.63) is 28.8 Å². The summed E-state index contributed by atoms with van der Waals surface area (Å²) < 4.78 is 11.6. The van der Waals surface area contributed by atoms with Crippen LogP contribution in [0.3, 0.4) is 0 Å². The van der Waals surface area contributed by atoms with Gasteiger partial charge in [0.2, 0.25) is 0 Å². The number of aliphatic hydroxyl groups is 1. The van der Waals surface area contributed by atoms with Crippen LogP contribution in [0.15, 0.2) is 12.1 Å². The lowest BCUT2D eigenvalue weighted by atomic mass is 9.89. The zero-order valence-electron chi connectivity index (χ0n) is 15.1. The van der Waals surface area contributed by atoms with E-state index in [2.05, 4.69) is 39.8 Å². The minimum Gasteiger partial charge on any atom is -0.487 e. The topological polar surface area (TPSA) is 55.8 Å². The average Bonchev–Trinajstić information content (AvgIpc) is 2.77. The Morgan fingerprint density at radius 1 is 1.33 bits per heavy atom. The highest BCUT2D eigenvalue weighted by Crippen LogP contribution is 2.41. The van der Waals surface area contributed by atoms with E-state index in [0.29, 0.717) is 12.3 Å². The van der Waals surface area contributed by atoms with E-state index < -0.39 is 6.10 Å². The molecule has 132 valence electrons. The van der Waals surface area contributed by atoms with Gasteiger partial charge >= 0.3 is 5.97 Å². The predicted molar refractivity (Wildman–Crippen MR) is 92.4 cm³/mol. The van der Waals surface area contributed by atoms with Crippen LogP contribution >= 0.6 is 0 Å². The van der Waals surface area contributed by atoms with Gasteiger partial charge in [0.1, 0.15) is 17.5 Å². The number of cyclic esters (lactones) is 1. The summed E-state index contributed by atoms with van der Waals surface area (Å²) in [6.45, 7) is 8.61. The van der Waals surface area contributed by atoms with Gasteiger partial charge in [-0.15, -0.1) is 0 Å². The maximum Gasteiger partial charge on any atom is 0.308 e. The van der Waals surface area contributed by atoms with Gasteiger partial charge in [0.15, 0.2) is 0 Å². The number of carbonyl (C=O) groups excluding carboxylic acids is 1. The minimum absolute atomic E-state index is 0.117. The maximum atomic E-state index is 11.5. The molecule has 0 amide bonds.